The monoisotopic (exact) mass is 443 g/mol. The van der Waals surface area contributed by atoms with Crippen LogP contribution < -0.4 is 9.47 Å². The van der Waals surface area contributed by atoms with E-state index in [0.717, 1.165) is 23.4 Å². The highest BCUT2D eigenvalue weighted by atomic mass is 16.5. The smallest absolute Gasteiger partial charge is 0.231 e. The van der Waals surface area contributed by atoms with E-state index in [2.05, 4.69) is 17.0 Å². The van der Waals surface area contributed by atoms with E-state index in [9.17, 15) is 9.90 Å². The second-order valence-electron chi connectivity index (χ2n) is 8.16. The van der Waals surface area contributed by atoms with Crippen LogP contribution in [0.4, 0.5) is 0 Å². The van der Waals surface area contributed by atoms with Crippen molar-refractivity contribution >= 4 is 11.9 Å². The Morgan fingerprint density at radius 2 is 1.88 bits per heavy atom. The van der Waals surface area contributed by atoms with E-state index in [0.29, 0.717) is 36.6 Å². The van der Waals surface area contributed by atoms with Gasteiger partial charge in [0.1, 0.15) is 17.2 Å². The fourth-order valence-electron chi connectivity index (χ4n) is 4.24. The van der Waals surface area contributed by atoms with Crippen LogP contribution in [0.1, 0.15) is 33.2 Å². The van der Waals surface area contributed by atoms with Crippen LogP contribution in [0.5, 0.6) is 17.2 Å². The Morgan fingerprint density at radius 1 is 1.09 bits per heavy atom. The number of hydrogen-bond donors (Lipinski definition) is 1. The van der Waals surface area contributed by atoms with Crippen molar-refractivity contribution in [3.63, 3.8) is 0 Å². The predicted octanol–water partition coefficient (Wildman–Crippen LogP) is 4.59. The van der Waals surface area contributed by atoms with Gasteiger partial charge in [0, 0.05) is 19.6 Å². The molecule has 6 heteroatoms. The molecule has 168 valence electrons. The number of Topliss-reactive ketones (excluding diaryl/α,β-unsaturated/α-hetero) is 1. The van der Waals surface area contributed by atoms with Crippen LogP contribution in [0.2, 0.25) is 0 Å². The van der Waals surface area contributed by atoms with Crippen LogP contribution >= 0.6 is 0 Å². The zero-order valence-corrected chi connectivity index (χ0v) is 18.4. The minimum atomic E-state index is -0.189. The highest BCUT2D eigenvalue weighted by Crippen LogP contribution is 2.40. The van der Waals surface area contributed by atoms with Gasteiger partial charge < -0.3 is 19.3 Å². The van der Waals surface area contributed by atoms with Crippen LogP contribution in [0, 0.1) is 0 Å². The predicted molar refractivity (Wildman–Crippen MR) is 124 cm³/mol. The number of phenolic OH excluding ortho intramolecular Hbond substituents is 1. The summed E-state index contributed by atoms with van der Waals surface area (Å²) in [5, 5.41) is 10.6. The normalized spacial score (nSPS) is 19.4. The molecule has 33 heavy (non-hydrogen) atoms. The first-order valence-electron chi connectivity index (χ1n) is 10.9. The molecule has 3 aromatic rings. The van der Waals surface area contributed by atoms with Gasteiger partial charge in [-0.15, -0.1) is 0 Å². The van der Waals surface area contributed by atoms with Crippen LogP contribution in [0.25, 0.3) is 6.08 Å². The van der Waals surface area contributed by atoms with Crippen molar-refractivity contribution in [1.29, 1.82) is 0 Å². The number of morpholine rings is 1. The van der Waals surface area contributed by atoms with E-state index < -0.39 is 0 Å². The van der Waals surface area contributed by atoms with Gasteiger partial charge >= 0.3 is 0 Å². The average molecular weight is 443 g/mol. The maximum absolute atomic E-state index is 13.0. The molecule has 0 amide bonds. The maximum atomic E-state index is 13.0. The first-order chi connectivity index (χ1) is 16.1. The standard InChI is InChI=1S/C27H25NO5/c1-31-20-9-7-18(8-10-20)15-24-26(30)21-11-12-23(29)22(27(21)33-24)16-28-13-14-32-25(17-28)19-5-3-2-4-6-19/h2-12,15,25,29H,13-14,16-17H2,1H3/b24-15+. The molecule has 1 unspecified atom stereocenters. The van der Waals surface area contributed by atoms with E-state index in [4.69, 9.17) is 14.2 Å². The lowest BCUT2D eigenvalue weighted by molar-refractivity contribution is -0.0332. The van der Waals surface area contributed by atoms with Crippen molar-refractivity contribution < 1.29 is 24.1 Å². The summed E-state index contributed by atoms with van der Waals surface area (Å²) in [6, 6.07) is 20.7. The molecule has 2 aliphatic rings. The number of fused-ring (bicyclic) bond motifs is 1. The van der Waals surface area contributed by atoms with Crippen LogP contribution in [0.15, 0.2) is 72.5 Å². The number of carbonyl (C=O) groups excluding carboxylic acids is 1. The summed E-state index contributed by atoms with van der Waals surface area (Å²) in [4.78, 5) is 15.2. The summed E-state index contributed by atoms with van der Waals surface area (Å²) in [7, 11) is 1.61. The molecule has 1 N–H and O–H groups in total. The SMILES string of the molecule is COc1ccc(/C=C2/Oc3c(ccc(O)c3CN3CCOC(c4ccccc4)C3)C2=O)cc1. The lowest BCUT2D eigenvalue weighted by Gasteiger charge is -2.33. The quantitative estimate of drug-likeness (QED) is 0.582. The largest absolute Gasteiger partial charge is 0.507 e. The molecule has 0 radical (unpaired) electrons. The number of ketones is 1. The molecular weight excluding hydrogens is 418 g/mol. The molecule has 6 nitrogen and oxygen atoms in total. The van der Waals surface area contributed by atoms with E-state index in [-0.39, 0.29) is 23.4 Å². The molecule has 1 saturated heterocycles. The van der Waals surface area contributed by atoms with Gasteiger partial charge in [-0.1, -0.05) is 42.5 Å². The number of methoxy groups -OCH3 is 1. The lowest BCUT2D eigenvalue weighted by atomic mass is 10.0. The molecule has 0 spiro atoms. The van der Waals surface area contributed by atoms with E-state index in [1.165, 1.54) is 0 Å². The summed E-state index contributed by atoms with van der Waals surface area (Å²) in [6.07, 6.45) is 1.68. The average Bonchev–Trinajstić information content (AvgIpc) is 3.17. The summed E-state index contributed by atoms with van der Waals surface area (Å²) in [5.41, 5.74) is 3.04. The number of nitrogens with zero attached hydrogens (tertiary/aromatic N) is 1. The first kappa shape index (κ1) is 21.2. The Hall–Kier alpha value is -3.61. The summed E-state index contributed by atoms with van der Waals surface area (Å²) in [5.74, 6) is 1.35. The number of phenols is 1. The van der Waals surface area contributed by atoms with Crippen LogP contribution in [-0.2, 0) is 11.3 Å². The maximum Gasteiger partial charge on any atom is 0.231 e. The molecule has 1 fully saturated rings. The Balaban J connectivity index is 1.38. The van der Waals surface area contributed by atoms with Gasteiger partial charge in [-0.2, -0.15) is 0 Å². The Kier molecular flexibility index (Phi) is 5.86. The third-order valence-electron chi connectivity index (χ3n) is 6.03. The van der Waals surface area contributed by atoms with Gasteiger partial charge in [0.2, 0.25) is 5.78 Å². The van der Waals surface area contributed by atoms with Crippen molar-refractivity contribution in [1.82, 2.24) is 4.90 Å². The molecule has 3 aromatic carbocycles. The molecule has 2 heterocycles. The fourth-order valence-corrected chi connectivity index (χ4v) is 4.24. The topological polar surface area (TPSA) is 68.2 Å². The van der Waals surface area contributed by atoms with E-state index in [1.807, 2.05) is 42.5 Å². The highest BCUT2D eigenvalue weighted by Gasteiger charge is 2.32. The Labute approximate surface area is 192 Å². The molecule has 0 bridgehead atoms. The number of allylic oxidation sites excluding steroid dienone is 1. The lowest BCUT2D eigenvalue weighted by Crippen LogP contribution is -2.37. The Bertz CT molecular complexity index is 1190. The van der Waals surface area contributed by atoms with Gasteiger partial charge in [0.25, 0.3) is 0 Å². The number of rotatable bonds is 5. The first-order valence-corrected chi connectivity index (χ1v) is 10.9. The number of ether oxygens (including phenoxy) is 3. The van der Waals surface area contributed by atoms with Gasteiger partial charge in [0.05, 0.1) is 30.9 Å². The number of benzene rings is 3. The molecule has 5 rings (SSSR count). The van der Waals surface area contributed by atoms with Crippen molar-refractivity contribution in [3.05, 3.63) is 94.7 Å². The zero-order chi connectivity index (χ0) is 22.8. The minimum absolute atomic E-state index is 0.0352. The second-order valence-corrected chi connectivity index (χ2v) is 8.16. The number of hydrogen-bond acceptors (Lipinski definition) is 6. The molecule has 0 aromatic heterocycles. The Morgan fingerprint density at radius 3 is 2.64 bits per heavy atom. The van der Waals surface area contributed by atoms with Crippen LogP contribution in [-0.4, -0.2) is 42.6 Å². The zero-order valence-electron chi connectivity index (χ0n) is 18.4. The van der Waals surface area contributed by atoms with Crippen LogP contribution in [0.3, 0.4) is 0 Å². The number of carbonyl (C=O) groups is 1. The molecular formula is C27H25NO5. The van der Waals surface area contributed by atoms with Gasteiger partial charge in [-0.3, -0.25) is 9.69 Å². The number of aromatic hydroxyl groups is 1. The second kappa shape index (κ2) is 9.10. The van der Waals surface area contributed by atoms with Gasteiger partial charge in [-0.25, -0.2) is 0 Å². The summed E-state index contributed by atoms with van der Waals surface area (Å²) in [6.45, 7) is 2.48. The summed E-state index contributed by atoms with van der Waals surface area (Å²) >= 11 is 0. The minimum Gasteiger partial charge on any atom is -0.507 e. The van der Waals surface area contributed by atoms with E-state index >= 15 is 0 Å². The van der Waals surface area contributed by atoms with Gasteiger partial charge in [0.15, 0.2) is 5.76 Å². The van der Waals surface area contributed by atoms with Gasteiger partial charge in [-0.05, 0) is 41.5 Å². The fraction of sp³-hybridized carbons (Fsp3) is 0.222. The molecule has 0 saturated carbocycles. The van der Waals surface area contributed by atoms with Crippen molar-refractivity contribution in [2.75, 3.05) is 26.8 Å². The molecule has 2 aliphatic heterocycles. The van der Waals surface area contributed by atoms with E-state index in [1.54, 1.807) is 25.3 Å². The van der Waals surface area contributed by atoms with Crippen molar-refractivity contribution in [3.8, 4) is 17.2 Å². The van der Waals surface area contributed by atoms with Crippen molar-refractivity contribution in [2.45, 2.75) is 12.6 Å². The van der Waals surface area contributed by atoms with Crippen molar-refractivity contribution in [2.24, 2.45) is 0 Å². The highest BCUT2D eigenvalue weighted by molar-refractivity contribution is 6.15. The molecule has 0 aliphatic carbocycles. The summed E-state index contributed by atoms with van der Waals surface area (Å²) < 4.78 is 17.2. The molecule has 1 atom stereocenters. The third kappa shape index (κ3) is 4.35. The third-order valence-corrected chi connectivity index (χ3v) is 6.03.